The predicted molar refractivity (Wildman–Crippen MR) is 132 cm³/mol. The first-order chi connectivity index (χ1) is 14.3. The molecule has 31 heavy (non-hydrogen) atoms. The van der Waals surface area contributed by atoms with Crippen molar-refractivity contribution in [3.05, 3.63) is 35.4 Å². The van der Waals surface area contributed by atoms with Crippen molar-refractivity contribution in [2.45, 2.75) is 39.3 Å². The number of hydrogen-bond donors (Lipinski definition) is 2. The molecule has 0 bridgehead atoms. The van der Waals surface area contributed by atoms with E-state index >= 15 is 0 Å². The lowest BCUT2D eigenvalue weighted by molar-refractivity contribution is -0.137. The number of guanidine groups is 1. The summed E-state index contributed by atoms with van der Waals surface area (Å²) >= 11 is 0. The van der Waals surface area contributed by atoms with Crippen molar-refractivity contribution in [3.63, 3.8) is 0 Å². The van der Waals surface area contributed by atoms with E-state index in [0.717, 1.165) is 64.4 Å². The number of likely N-dealkylation sites (N-methyl/N-ethyl adjacent to an activating group) is 1. The van der Waals surface area contributed by atoms with Crippen LogP contribution in [0.3, 0.4) is 0 Å². The largest absolute Gasteiger partial charge is 0.416 e. The molecule has 2 rings (SSSR count). The minimum atomic E-state index is -4.31. The summed E-state index contributed by atoms with van der Waals surface area (Å²) < 4.78 is 38.8. The van der Waals surface area contributed by atoms with Crippen molar-refractivity contribution in [1.82, 2.24) is 20.4 Å². The smallest absolute Gasteiger partial charge is 0.357 e. The Hall–Kier alpha value is -1.07. The van der Waals surface area contributed by atoms with Crippen molar-refractivity contribution < 1.29 is 13.2 Å². The van der Waals surface area contributed by atoms with Crippen LogP contribution in [0.25, 0.3) is 0 Å². The molecular weight excluding hydrogens is 518 g/mol. The molecule has 1 fully saturated rings. The van der Waals surface area contributed by atoms with Crippen LogP contribution in [0.15, 0.2) is 29.3 Å². The molecule has 1 saturated heterocycles. The van der Waals surface area contributed by atoms with Gasteiger partial charge in [-0.2, -0.15) is 13.2 Å². The minimum absolute atomic E-state index is 0. The summed E-state index contributed by atoms with van der Waals surface area (Å²) in [6.07, 6.45) is -3.62. The molecule has 5 nitrogen and oxygen atoms in total. The molecule has 0 aliphatic carbocycles. The van der Waals surface area contributed by atoms with Crippen LogP contribution in [0.1, 0.15) is 44.2 Å². The van der Waals surface area contributed by atoms with Crippen LogP contribution < -0.4 is 10.6 Å². The number of hydrogen-bond acceptors (Lipinski definition) is 3. The van der Waals surface area contributed by atoms with Crippen molar-refractivity contribution in [2.24, 2.45) is 4.99 Å². The summed E-state index contributed by atoms with van der Waals surface area (Å²) in [7, 11) is 0. The van der Waals surface area contributed by atoms with Gasteiger partial charge in [0.15, 0.2) is 5.96 Å². The Labute approximate surface area is 201 Å². The van der Waals surface area contributed by atoms with Gasteiger partial charge in [0.25, 0.3) is 0 Å². The quantitative estimate of drug-likeness (QED) is 0.275. The van der Waals surface area contributed by atoms with Gasteiger partial charge >= 0.3 is 6.18 Å². The van der Waals surface area contributed by atoms with E-state index in [1.807, 2.05) is 13.8 Å². The van der Waals surface area contributed by atoms with Gasteiger partial charge in [-0.1, -0.05) is 32.0 Å². The highest BCUT2D eigenvalue weighted by atomic mass is 127. The molecule has 1 aromatic carbocycles. The number of benzene rings is 1. The molecule has 1 aliphatic heterocycles. The van der Waals surface area contributed by atoms with Gasteiger partial charge in [-0.15, -0.1) is 24.0 Å². The van der Waals surface area contributed by atoms with E-state index in [-0.39, 0.29) is 29.9 Å². The Balaban J connectivity index is 0.00000480. The average molecular weight is 555 g/mol. The summed E-state index contributed by atoms with van der Waals surface area (Å²) in [6, 6.07) is 5.59. The maximum Gasteiger partial charge on any atom is 0.416 e. The Bertz CT molecular complexity index is 661. The number of nitrogens with one attached hydrogen (secondary N) is 2. The molecule has 1 aromatic rings. The monoisotopic (exact) mass is 555 g/mol. The zero-order chi connectivity index (χ0) is 22.0. The highest BCUT2D eigenvalue weighted by molar-refractivity contribution is 14.0. The van der Waals surface area contributed by atoms with Crippen LogP contribution in [-0.4, -0.2) is 74.7 Å². The number of rotatable bonds is 9. The first-order valence-electron chi connectivity index (χ1n) is 11.0. The molecule has 1 heterocycles. The number of halogens is 4. The standard InChI is InChI=1S/C22H36F3N5.HI/c1-4-26-21(28-11-12-30-15-13-29(5-2)14-16-30)27-10-9-18(3)19-7-6-8-20(17-19)22(23,24)25;/h6-8,17-18H,4-5,9-16H2,1-3H3,(H2,26,27,28);1H. The summed E-state index contributed by atoms with van der Waals surface area (Å²) in [5, 5.41) is 6.61. The van der Waals surface area contributed by atoms with Crippen LogP contribution in [-0.2, 0) is 6.18 Å². The first-order valence-corrected chi connectivity index (χ1v) is 11.0. The lowest BCUT2D eigenvalue weighted by Gasteiger charge is -2.34. The van der Waals surface area contributed by atoms with Gasteiger partial charge in [0.2, 0.25) is 0 Å². The SMILES string of the molecule is CCNC(=NCCC(C)c1cccc(C(F)(F)F)c1)NCCN1CCN(CC)CC1.I. The fourth-order valence-electron chi connectivity index (χ4n) is 3.56. The highest BCUT2D eigenvalue weighted by Gasteiger charge is 2.30. The van der Waals surface area contributed by atoms with Gasteiger partial charge in [0, 0.05) is 52.4 Å². The molecule has 1 unspecified atom stereocenters. The zero-order valence-electron chi connectivity index (χ0n) is 18.8. The Morgan fingerprint density at radius 3 is 2.39 bits per heavy atom. The van der Waals surface area contributed by atoms with Crippen LogP contribution in [0, 0.1) is 0 Å². The van der Waals surface area contributed by atoms with Crippen molar-refractivity contribution in [1.29, 1.82) is 0 Å². The van der Waals surface area contributed by atoms with E-state index in [4.69, 9.17) is 0 Å². The number of nitrogens with zero attached hydrogens (tertiary/aromatic N) is 3. The van der Waals surface area contributed by atoms with Gasteiger partial charge in [-0.25, -0.2) is 0 Å². The summed E-state index contributed by atoms with van der Waals surface area (Å²) in [6.45, 7) is 14.8. The second-order valence-electron chi connectivity index (χ2n) is 7.78. The topological polar surface area (TPSA) is 42.9 Å². The zero-order valence-corrected chi connectivity index (χ0v) is 21.2. The summed E-state index contributed by atoms with van der Waals surface area (Å²) in [4.78, 5) is 9.52. The van der Waals surface area contributed by atoms with Gasteiger partial charge in [-0.3, -0.25) is 9.89 Å². The molecule has 0 radical (unpaired) electrons. The maximum atomic E-state index is 12.9. The highest BCUT2D eigenvalue weighted by Crippen LogP contribution is 2.31. The number of aliphatic imine (C=N–C) groups is 1. The van der Waals surface area contributed by atoms with Gasteiger partial charge < -0.3 is 15.5 Å². The van der Waals surface area contributed by atoms with Crippen LogP contribution in [0.5, 0.6) is 0 Å². The third kappa shape index (κ3) is 9.95. The molecule has 178 valence electrons. The molecule has 0 saturated carbocycles. The summed E-state index contributed by atoms with van der Waals surface area (Å²) in [5.74, 6) is 0.773. The normalized spacial score (nSPS) is 17.2. The van der Waals surface area contributed by atoms with Crippen molar-refractivity contribution in [2.75, 3.05) is 58.9 Å². The maximum absolute atomic E-state index is 12.9. The third-order valence-corrected chi connectivity index (χ3v) is 5.59. The van der Waals surface area contributed by atoms with E-state index in [9.17, 15) is 13.2 Å². The fourth-order valence-corrected chi connectivity index (χ4v) is 3.56. The Kier molecular flexibility index (Phi) is 12.8. The molecule has 0 aromatic heterocycles. The Morgan fingerprint density at radius 2 is 1.77 bits per heavy atom. The van der Waals surface area contributed by atoms with Gasteiger partial charge in [-0.05, 0) is 37.4 Å². The minimum Gasteiger partial charge on any atom is -0.357 e. The van der Waals surface area contributed by atoms with Crippen molar-refractivity contribution in [3.8, 4) is 0 Å². The molecule has 1 aliphatic rings. The van der Waals surface area contributed by atoms with Gasteiger partial charge in [0.05, 0.1) is 5.56 Å². The molecule has 2 N–H and O–H groups in total. The summed E-state index contributed by atoms with van der Waals surface area (Å²) in [5.41, 5.74) is 0.106. The van der Waals surface area contributed by atoms with E-state index in [1.165, 1.54) is 12.1 Å². The van der Waals surface area contributed by atoms with E-state index in [2.05, 4.69) is 32.3 Å². The average Bonchev–Trinajstić information content (AvgIpc) is 2.73. The van der Waals surface area contributed by atoms with E-state index in [1.54, 1.807) is 6.07 Å². The number of alkyl halides is 3. The van der Waals surface area contributed by atoms with Crippen LogP contribution in [0.2, 0.25) is 0 Å². The van der Waals surface area contributed by atoms with Crippen molar-refractivity contribution >= 4 is 29.9 Å². The van der Waals surface area contributed by atoms with Gasteiger partial charge in [0.1, 0.15) is 0 Å². The Morgan fingerprint density at radius 1 is 1.10 bits per heavy atom. The van der Waals surface area contributed by atoms with E-state index in [0.29, 0.717) is 18.5 Å². The molecule has 0 spiro atoms. The van der Waals surface area contributed by atoms with E-state index < -0.39 is 11.7 Å². The molecule has 9 heteroatoms. The lowest BCUT2D eigenvalue weighted by atomic mass is 9.96. The second kappa shape index (κ2) is 14.2. The van der Waals surface area contributed by atoms with Crippen LogP contribution >= 0.6 is 24.0 Å². The second-order valence-corrected chi connectivity index (χ2v) is 7.78. The van der Waals surface area contributed by atoms with Crippen LogP contribution in [0.4, 0.5) is 13.2 Å². The fraction of sp³-hybridized carbons (Fsp3) is 0.682. The lowest BCUT2D eigenvalue weighted by Crippen LogP contribution is -2.49. The molecule has 0 amide bonds. The molecule has 1 atom stereocenters. The molecular formula is C22H37F3IN5. The predicted octanol–water partition coefficient (Wildman–Crippen LogP) is 4.01. The first kappa shape index (κ1) is 28.0. The number of piperazine rings is 1. The third-order valence-electron chi connectivity index (χ3n) is 5.59.